The SMILES string of the molecule is O=C1CC(CS(=O)(=O)Cl)CN1Cc1cccc(F)c1F. The van der Waals surface area contributed by atoms with Crippen LogP contribution in [-0.2, 0) is 20.4 Å². The average molecular weight is 324 g/mol. The van der Waals surface area contributed by atoms with Gasteiger partial charge in [-0.25, -0.2) is 17.2 Å². The van der Waals surface area contributed by atoms with Crippen molar-refractivity contribution in [1.82, 2.24) is 4.90 Å². The van der Waals surface area contributed by atoms with E-state index in [1.54, 1.807) is 0 Å². The van der Waals surface area contributed by atoms with Crippen molar-refractivity contribution >= 4 is 25.6 Å². The van der Waals surface area contributed by atoms with Crippen LogP contribution >= 0.6 is 10.7 Å². The Hall–Kier alpha value is -1.21. The molecule has 0 aromatic heterocycles. The maximum Gasteiger partial charge on any atom is 0.232 e. The van der Waals surface area contributed by atoms with Crippen LogP contribution < -0.4 is 0 Å². The molecule has 20 heavy (non-hydrogen) atoms. The van der Waals surface area contributed by atoms with Gasteiger partial charge in [0.05, 0.1) is 5.75 Å². The van der Waals surface area contributed by atoms with E-state index in [1.807, 2.05) is 0 Å². The van der Waals surface area contributed by atoms with Crippen molar-refractivity contribution < 1.29 is 22.0 Å². The molecule has 1 aliphatic heterocycles. The van der Waals surface area contributed by atoms with E-state index in [0.717, 1.165) is 6.07 Å². The number of halogens is 3. The van der Waals surface area contributed by atoms with Crippen LogP contribution in [0.2, 0.25) is 0 Å². The molecule has 0 N–H and O–H groups in total. The molecule has 2 rings (SSSR count). The van der Waals surface area contributed by atoms with Gasteiger partial charge in [-0.3, -0.25) is 4.79 Å². The fourth-order valence-electron chi connectivity index (χ4n) is 2.28. The fourth-order valence-corrected chi connectivity index (χ4v) is 3.60. The standard InChI is InChI=1S/C12H12ClF2NO3S/c13-20(18,19)7-8-4-11(17)16(5-8)6-9-2-1-3-10(14)12(9)15/h1-3,8H,4-7H2. The topological polar surface area (TPSA) is 54.5 Å². The van der Waals surface area contributed by atoms with Gasteiger partial charge < -0.3 is 4.90 Å². The first kappa shape index (κ1) is 15.2. The summed E-state index contributed by atoms with van der Waals surface area (Å²) < 4.78 is 48.6. The molecule has 0 saturated carbocycles. The zero-order valence-electron chi connectivity index (χ0n) is 10.4. The third kappa shape index (κ3) is 3.67. The number of carbonyl (C=O) groups is 1. The van der Waals surface area contributed by atoms with Gasteiger partial charge in [-0.2, -0.15) is 0 Å². The van der Waals surface area contributed by atoms with E-state index in [9.17, 15) is 22.0 Å². The Morgan fingerprint density at radius 1 is 1.35 bits per heavy atom. The molecule has 0 aliphatic carbocycles. The lowest BCUT2D eigenvalue weighted by Crippen LogP contribution is -2.26. The van der Waals surface area contributed by atoms with Gasteiger partial charge in [-0.05, 0) is 6.07 Å². The first-order chi connectivity index (χ1) is 9.26. The third-order valence-electron chi connectivity index (χ3n) is 3.12. The molecule has 1 heterocycles. The fraction of sp³-hybridized carbons (Fsp3) is 0.417. The Morgan fingerprint density at radius 3 is 2.70 bits per heavy atom. The molecule has 1 aromatic carbocycles. The highest BCUT2D eigenvalue weighted by atomic mass is 35.7. The average Bonchev–Trinajstić information content (AvgIpc) is 2.63. The molecule has 110 valence electrons. The van der Waals surface area contributed by atoms with Gasteiger partial charge in [0, 0.05) is 41.7 Å². The summed E-state index contributed by atoms with van der Waals surface area (Å²) in [4.78, 5) is 13.1. The minimum Gasteiger partial charge on any atom is -0.338 e. The van der Waals surface area contributed by atoms with E-state index in [-0.39, 0.29) is 36.7 Å². The van der Waals surface area contributed by atoms with Crippen LogP contribution in [0.15, 0.2) is 18.2 Å². The monoisotopic (exact) mass is 323 g/mol. The number of nitrogens with zero attached hydrogens (tertiary/aromatic N) is 1. The maximum absolute atomic E-state index is 13.5. The molecular formula is C12H12ClF2NO3S. The van der Waals surface area contributed by atoms with Crippen molar-refractivity contribution in [3.8, 4) is 0 Å². The van der Waals surface area contributed by atoms with Crippen molar-refractivity contribution in [2.75, 3.05) is 12.3 Å². The predicted octanol–water partition coefficient (Wildman–Crippen LogP) is 1.88. The van der Waals surface area contributed by atoms with Crippen molar-refractivity contribution in [2.24, 2.45) is 5.92 Å². The van der Waals surface area contributed by atoms with Gasteiger partial charge in [-0.1, -0.05) is 12.1 Å². The minimum absolute atomic E-state index is 0.0445. The summed E-state index contributed by atoms with van der Waals surface area (Å²) in [7, 11) is 1.46. The number of likely N-dealkylation sites (tertiary alicyclic amines) is 1. The molecule has 0 radical (unpaired) electrons. The molecule has 1 fully saturated rings. The number of amides is 1. The first-order valence-corrected chi connectivity index (χ1v) is 8.37. The van der Waals surface area contributed by atoms with Gasteiger partial charge in [0.15, 0.2) is 11.6 Å². The molecule has 1 saturated heterocycles. The van der Waals surface area contributed by atoms with Crippen LogP contribution in [0, 0.1) is 17.6 Å². The van der Waals surface area contributed by atoms with Crippen LogP contribution in [0.3, 0.4) is 0 Å². The number of benzene rings is 1. The molecule has 1 amide bonds. The zero-order valence-corrected chi connectivity index (χ0v) is 11.9. The van der Waals surface area contributed by atoms with Gasteiger partial charge >= 0.3 is 0 Å². The second-order valence-electron chi connectivity index (χ2n) is 4.76. The van der Waals surface area contributed by atoms with Gasteiger partial charge in [0.1, 0.15) is 0 Å². The van der Waals surface area contributed by atoms with Crippen LogP contribution in [0.25, 0.3) is 0 Å². The molecule has 0 spiro atoms. The molecular weight excluding hydrogens is 312 g/mol. The van der Waals surface area contributed by atoms with Crippen molar-refractivity contribution in [3.05, 3.63) is 35.4 Å². The molecule has 1 atom stereocenters. The molecule has 0 bridgehead atoms. The predicted molar refractivity (Wildman–Crippen MR) is 69.5 cm³/mol. The number of hydrogen-bond donors (Lipinski definition) is 0. The van der Waals surface area contributed by atoms with Gasteiger partial charge in [0.2, 0.25) is 15.0 Å². The lowest BCUT2D eigenvalue weighted by Gasteiger charge is -2.17. The Morgan fingerprint density at radius 2 is 2.05 bits per heavy atom. The maximum atomic E-state index is 13.5. The second kappa shape index (κ2) is 5.65. The van der Waals surface area contributed by atoms with E-state index in [4.69, 9.17) is 10.7 Å². The molecule has 1 aliphatic rings. The Labute approximate surface area is 119 Å². The largest absolute Gasteiger partial charge is 0.338 e. The first-order valence-electron chi connectivity index (χ1n) is 5.89. The van der Waals surface area contributed by atoms with Gasteiger partial charge in [-0.15, -0.1) is 0 Å². The van der Waals surface area contributed by atoms with Crippen molar-refractivity contribution in [2.45, 2.75) is 13.0 Å². The Kier molecular flexibility index (Phi) is 4.29. The molecule has 1 unspecified atom stereocenters. The number of carbonyl (C=O) groups excluding carboxylic acids is 1. The number of hydrogen-bond acceptors (Lipinski definition) is 3. The van der Waals surface area contributed by atoms with Crippen LogP contribution in [0.5, 0.6) is 0 Å². The smallest absolute Gasteiger partial charge is 0.232 e. The van der Waals surface area contributed by atoms with E-state index in [0.29, 0.717) is 0 Å². The molecule has 8 heteroatoms. The Bertz CT molecular complexity index is 636. The van der Waals surface area contributed by atoms with Gasteiger partial charge in [0.25, 0.3) is 0 Å². The van der Waals surface area contributed by atoms with Crippen LogP contribution in [0.1, 0.15) is 12.0 Å². The highest BCUT2D eigenvalue weighted by Gasteiger charge is 2.32. The van der Waals surface area contributed by atoms with Crippen LogP contribution in [-0.4, -0.2) is 31.5 Å². The minimum atomic E-state index is -3.68. The summed E-state index contributed by atoms with van der Waals surface area (Å²) >= 11 is 0. The summed E-state index contributed by atoms with van der Waals surface area (Å²) in [5, 5.41) is 0. The lowest BCUT2D eigenvalue weighted by atomic mass is 10.1. The summed E-state index contributed by atoms with van der Waals surface area (Å²) in [6.07, 6.45) is 0.0445. The van der Waals surface area contributed by atoms with E-state index >= 15 is 0 Å². The summed E-state index contributed by atoms with van der Waals surface area (Å²) in [6, 6.07) is 3.74. The normalized spacial score (nSPS) is 19.6. The second-order valence-corrected chi connectivity index (χ2v) is 7.58. The quantitative estimate of drug-likeness (QED) is 0.795. The molecule has 1 aromatic rings. The highest BCUT2D eigenvalue weighted by molar-refractivity contribution is 8.13. The number of rotatable bonds is 4. The third-order valence-corrected chi connectivity index (χ3v) is 4.37. The lowest BCUT2D eigenvalue weighted by molar-refractivity contribution is -0.128. The van der Waals surface area contributed by atoms with E-state index in [2.05, 4.69) is 0 Å². The summed E-state index contributed by atoms with van der Waals surface area (Å²) in [5.41, 5.74) is 0.0627. The van der Waals surface area contributed by atoms with Crippen molar-refractivity contribution in [1.29, 1.82) is 0 Å². The van der Waals surface area contributed by atoms with Crippen LogP contribution in [0.4, 0.5) is 8.78 Å². The summed E-state index contributed by atoms with van der Waals surface area (Å²) in [6.45, 7) is 0.0853. The summed E-state index contributed by atoms with van der Waals surface area (Å²) in [5.74, 6) is -2.98. The highest BCUT2D eigenvalue weighted by Crippen LogP contribution is 2.23. The van der Waals surface area contributed by atoms with E-state index < -0.39 is 26.6 Å². The zero-order chi connectivity index (χ0) is 14.9. The Balaban J connectivity index is 2.07. The van der Waals surface area contributed by atoms with Crippen molar-refractivity contribution in [3.63, 3.8) is 0 Å². The van der Waals surface area contributed by atoms with E-state index in [1.165, 1.54) is 17.0 Å². The molecule has 4 nitrogen and oxygen atoms in total.